The van der Waals surface area contributed by atoms with E-state index in [-0.39, 0.29) is 87.1 Å². The molecule has 0 atom stereocenters. The Hall–Kier alpha value is -3.28. The van der Waals surface area contributed by atoms with Gasteiger partial charge in [-0.15, -0.1) is 0 Å². The molecular weight excluding hydrogens is 612 g/mol. The lowest BCUT2D eigenvalue weighted by Gasteiger charge is -2.33. The third kappa shape index (κ3) is 9.36. The highest BCUT2D eigenvalue weighted by atomic mass is 32.2. The minimum absolute atomic E-state index is 0.0321. The maximum atomic E-state index is 13.8. The SMILES string of the molecule is CNC(=O)CN1CCN(S(=O)(=O)c2ccc(OC)cc2)CCN(CC(=O)NC)CCN(S(=O)(=O)c2ccc(OC)cc2)CC1. The van der Waals surface area contributed by atoms with Crippen LogP contribution in [-0.4, -0.2) is 141 Å². The highest BCUT2D eigenvalue weighted by Crippen LogP contribution is 2.22. The number of benzene rings is 2. The molecule has 0 spiro atoms. The minimum atomic E-state index is -3.96. The molecule has 44 heavy (non-hydrogen) atoms. The monoisotopic (exact) mass is 654 g/mol. The van der Waals surface area contributed by atoms with Crippen LogP contribution in [0.15, 0.2) is 58.3 Å². The number of methoxy groups -OCH3 is 2. The molecule has 2 N–H and O–H groups in total. The molecule has 2 aromatic rings. The van der Waals surface area contributed by atoms with Gasteiger partial charge in [0, 0.05) is 66.5 Å². The topological polar surface area (TPSA) is 158 Å². The third-order valence-corrected chi connectivity index (χ3v) is 11.2. The van der Waals surface area contributed by atoms with Crippen molar-refractivity contribution in [1.82, 2.24) is 29.0 Å². The summed E-state index contributed by atoms with van der Waals surface area (Å²) in [6.07, 6.45) is 0. The van der Waals surface area contributed by atoms with E-state index >= 15 is 0 Å². The van der Waals surface area contributed by atoms with Gasteiger partial charge in [-0.05, 0) is 48.5 Å². The van der Waals surface area contributed by atoms with Crippen molar-refractivity contribution >= 4 is 31.9 Å². The van der Waals surface area contributed by atoms with E-state index in [0.29, 0.717) is 11.5 Å². The van der Waals surface area contributed by atoms with Crippen molar-refractivity contribution in [2.45, 2.75) is 9.79 Å². The van der Waals surface area contributed by atoms with Gasteiger partial charge in [-0.2, -0.15) is 8.61 Å². The number of sulfonamides is 2. The molecule has 1 saturated heterocycles. The van der Waals surface area contributed by atoms with Crippen LogP contribution in [-0.2, 0) is 29.6 Å². The lowest BCUT2D eigenvalue weighted by molar-refractivity contribution is -0.122. The first-order chi connectivity index (χ1) is 20.9. The van der Waals surface area contributed by atoms with Crippen molar-refractivity contribution in [2.24, 2.45) is 0 Å². The maximum Gasteiger partial charge on any atom is 0.243 e. The summed E-state index contributed by atoms with van der Waals surface area (Å²) in [4.78, 5) is 28.4. The number of nitrogens with zero attached hydrogens (tertiary/aromatic N) is 4. The highest BCUT2D eigenvalue weighted by Gasteiger charge is 2.30. The van der Waals surface area contributed by atoms with E-state index in [9.17, 15) is 26.4 Å². The van der Waals surface area contributed by atoms with Crippen molar-refractivity contribution in [3.8, 4) is 11.5 Å². The Morgan fingerprint density at radius 1 is 0.591 bits per heavy atom. The summed E-state index contributed by atoms with van der Waals surface area (Å²) in [6, 6.07) is 12.1. The molecule has 0 aromatic heterocycles. The van der Waals surface area contributed by atoms with E-state index in [1.54, 1.807) is 34.1 Å². The zero-order valence-corrected chi connectivity index (χ0v) is 27.2. The first-order valence-electron chi connectivity index (χ1n) is 14.1. The Kier molecular flexibility index (Phi) is 12.9. The van der Waals surface area contributed by atoms with Crippen LogP contribution in [0.2, 0.25) is 0 Å². The molecule has 0 saturated carbocycles. The van der Waals surface area contributed by atoms with Crippen molar-refractivity contribution in [3.05, 3.63) is 48.5 Å². The second kappa shape index (κ2) is 16.2. The van der Waals surface area contributed by atoms with Gasteiger partial charge in [-0.25, -0.2) is 16.8 Å². The van der Waals surface area contributed by atoms with E-state index in [0.717, 1.165) is 0 Å². The molecule has 1 fully saturated rings. The number of rotatable bonds is 10. The molecule has 1 aliphatic rings. The van der Waals surface area contributed by atoms with Gasteiger partial charge in [-0.3, -0.25) is 19.4 Å². The Bertz CT molecular complexity index is 1330. The third-order valence-electron chi connectivity index (χ3n) is 7.35. The van der Waals surface area contributed by atoms with Gasteiger partial charge < -0.3 is 20.1 Å². The van der Waals surface area contributed by atoms with Crippen LogP contribution in [0.4, 0.5) is 0 Å². The average Bonchev–Trinajstić information content (AvgIpc) is 3.02. The van der Waals surface area contributed by atoms with Gasteiger partial charge in [-0.1, -0.05) is 0 Å². The lowest BCUT2D eigenvalue weighted by Crippen LogP contribution is -2.50. The molecule has 0 bridgehead atoms. The van der Waals surface area contributed by atoms with Crippen LogP contribution in [0.25, 0.3) is 0 Å². The molecule has 1 aliphatic heterocycles. The van der Waals surface area contributed by atoms with Crippen LogP contribution < -0.4 is 20.1 Å². The molecule has 2 amide bonds. The molecule has 14 nitrogen and oxygen atoms in total. The predicted molar refractivity (Wildman–Crippen MR) is 165 cm³/mol. The fraction of sp³-hybridized carbons (Fsp3) is 0.500. The fourth-order valence-corrected chi connectivity index (χ4v) is 7.46. The molecule has 0 aliphatic carbocycles. The van der Waals surface area contributed by atoms with Crippen LogP contribution in [0.5, 0.6) is 11.5 Å². The fourth-order valence-electron chi connectivity index (χ4n) is 4.61. The zero-order chi connectivity index (χ0) is 32.3. The summed E-state index contributed by atoms with van der Waals surface area (Å²) in [5.74, 6) is 0.450. The van der Waals surface area contributed by atoms with Gasteiger partial charge in [0.1, 0.15) is 11.5 Å². The van der Waals surface area contributed by atoms with Crippen molar-refractivity contribution in [1.29, 1.82) is 0 Å². The number of likely N-dealkylation sites (N-methyl/N-ethyl adjacent to an activating group) is 2. The van der Waals surface area contributed by atoms with E-state index in [1.165, 1.54) is 61.2 Å². The molecule has 2 aromatic carbocycles. The largest absolute Gasteiger partial charge is 0.497 e. The molecule has 16 heteroatoms. The van der Waals surface area contributed by atoms with Crippen molar-refractivity contribution < 1.29 is 35.9 Å². The van der Waals surface area contributed by atoms with Crippen molar-refractivity contribution in [3.63, 3.8) is 0 Å². The molecule has 3 rings (SSSR count). The van der Waals surface area contributed by atoms with Crippen LogP contribution in [0.3, 0.4) is 0 Å². The Labute approximate surface area is 260 Å². The summed E-state index contributed by atoms with van der Waals surface area (Å²) < 4.78 is 68.0. The van der Waals surface area contributed by atoms with E-state index in [4.69, 9.17) is 9.47 Å². The Morgan fingerprint density at radius 3 is 1.14 bits per heavy atom. The van der Waals surface area contributed by atoms with E-state index < -0.39 is 20.0 Å². The van der Waals surface area contributed by atoms with Crippen molar-refractivity contribution in [2.75, 3.05) is 93.8 Å². The van der Waals surface area contributed by atoms with Crippen LogP contribution in [0, 0.1) is 0 Å². The molecule has 244 valence electrons. The van der Waals surface area contributed by atoms with Crippen LogP contribution >= 0.6 is 0 Å². The number of hydrogen-bond donors (Lipinski definition) is 2. The Morgan fingerprint density at radius 2 is 0.886 bits per heavy atom. The van der Waals surface area contributed by atoms with Gasteiger partial charge >= 0.3 is 0 Å². The number of amides is 2. The summed E-state index contributed by atoms with van der Waals surface area (Å²) in [7, 11) is -1.94. The Balaban J connectivity index is 1.95. The average molecular weight is 655 g/mol. The second-order valence-corrected chi connectivity index (χ2v) is 13.9. The smallest absolute Gasteiger partial charge is 0.243 e. The first kappa shape index (κ1) is 35.2. The lowest BCUT2D eigenvalue weighted by atomic mass is 10.3. The number of carbonyl (C=O) groups excluding carboxylic acids is 2. The maximum absolute atomic E-state index is 13.8. The highest BCUT2D eigenvalue weighted by molar-refractivity contribution is 7.89. The molecular formula is C28H42N6O8S2. The summed E-state index contributed by atoms with van der Waals surface area (Å²) in [5.41, 5.74) is 0. The number of ether oxygens (including phenoxy) is 2. The predicted octanol–water partition coefficient (Wildman–Crippen LogP) is -0.505. The van der Waals surface area contributed by atoms with E-state index in [1.807, 2.05) is 0 Å². The van der Waals surface area contributed by atoms with Gasteiger partial charge in [0.25, 0.3) is 0 Å². The van der Waals surface area contributed by atoms with Crippen LogP contribution in [0.1, 0.15) is 0 Å². The zero-order valence-electron chi connectivity index (χ0n) is 25.6. The first-order valence-corrected chi connectivity index (χ1v) is 17.0. The molecule has 0 radical (unpaired) electrons. The standard InChI is InChI=1S/C28H42N6O8S2/c1-29-27(35)21-31-13-17-33(43(37,38)25-9-5-23(41-3)6-10-25)19-15-32(22-28(36)30-2)16-20-34(18-14-31)44(39,40)26-11-7-24(42-4)8-12-26/h5-12H,13-22H2,1-4H3,(H,29,35)(H,30,36). The molecule has 1 heterocycles. The molecule has 0 unspecified atom stereocenters. The summed E-state index contributed by atoms with van der Waals surface area (Å²) in [6.45, 7) is 0.675. The van der Waals surface area contributed by atoms with Gasteiger partial charge in [0.05, 0.1) is 37.1 Å². The minimum Gasteiger partial charge on any atom is -0.497 e. The summed E-state index contributed by atoms with van der Waals surface area (Å²) >= 11 is 0. The number of carbonyl (C=O) groups is 2. The van der Waals surface area contributed by atoms with Gasteiger partial charge in [0.15, 0.2) is 0 Å². The number of hydrogen-bond acceptors (Lipinski definition) is 10. The quantitative estimate of drug-likeness (QED) is 0.342. The normalized spacial score (nSPS) is 17.2. The van der Waals surface area contributed by atoms with E-state index in [2.05, 4.69) is 10.6 Å². The number of nitrogens with one attached hydrogen (secondary N) is 2. The summed E-state index contributed by atoms with van der Waals surface area (Å²) in [5, 5.41) is 5.14. The second-order valence-electron chi connectivity index (χ2n) is 10.1. The van der Waals surface area contributed by atoms with Gasteiger partial charge in [0.2, 0.25) is 31.9 Å².